The molecule has 1 aliphatic heterocycles. The minimum atomic E-state index is -0.370. The van der Waals surface area contributed by atoms with E-state index in [1.54, 1.807) is 16.8 Å². The van der Waals surface area contributed by atoms with Crippen LogP contribution in [-0.4, -0.2) is 38.7 Å². The van der Waals surface area contributed by atoms with Gasteiger partial charge in [0.2, 0.25) is 5.95 Å². The predicted molar refractivity (Wildman–Crippen MR) is 121 cm³/mol. The number of hydrogen-bond donors (Lipinski definition) is 1. The van der Waals surface area contributed by atoms with Crippen LogP contribution in [0.25, 0.3) is 16.8 Å². The van der Waals surface area contributed by atoms with Gasteiger partial charge in [-0.3, -0.25) is 0 Å². The van der Waals surface area contributed by atoms with Crippen LogP contribution in [0.3, 0.4) is 0 Å². The normalized spacial score (nSPS) is 14.9. The Morgan fingerprint density at radius 3 is 2.65 bits per heavy atom. The molecule has 1 fully saturated rings. The van der Waals surface area contributed by atoms with Crippen molar-refractivity contribution in [2.75, 3.05) is 23.3 Å². The number of halogens is 3. The summed E-state index contributed by atoms with van der Waals surface area (Å²) in [4.78, 5) is 11.0. The molecular weight excluding hydrogens is 438 g/mol. The van der Waals surface area contributed by atoms with Crippen LogP contribution in [0.2, 0.25) is 10.2 Å². The summed E-state index contributed by atoms with van der Waals surface area (Å²) in [6.07, 6.45) is 5.47. The van der Waals surface area contributed by atoms with Crippen LogP contribution in [0.1, 0.15) is 12.8 Å². The zero-order chi connectivity index (χ0) is 21.4. The van der Waals surface area contributed by atoms with E-state index in [1.165, 1.54) is 12.1 Å². The first-order valence-corrected chi connectivity index (χ1v) is 10.8. The topological polar surface area (TPSA) is 58.4 Å². The summed E-state index contributed by atoms with van der Waals surface area (Å²) < 4.78 is 15.2. The predicted octanol–water partition coefficient (Wildman–Crippen LogP) is 5.32. The van der Waals surface area contributed by atoms with Crippen molar-refractivity contribution in [3.8, 4) is 11.1 Å². The number of hydrogen-bond acceptors (Lipinski definition) is 5. The molecule has 0 amide bonds. The van der Waals surface area contributed by atoms with Crippen molar-refractivity contribution >= 4 is 40.5 Å². The molecule has 1 saturated heterocycles. The van der Waals surface area contributed by atoms with Gasteiger partial charge in [0.1, 0.15) is 11.0 Å². The van der Waals surface area contributed by atoms with Crippen molar-refractivity contribution in [3.05, 3.63) is 70.9 Å². The molecule has 0 atom stereocenters. The van der Waals surface area contributed by atoms with E-state index >= 15 is 0 Å². The Hall–Kier alpha value is -2.90. The van der Waals surface area contributed by atoms with Crippen molar-refractivity contribution in [2.45, 2.75) is 18.9 Å². The van der Waals surface area contributed by atoms with Gasteiger partial charge in [0.15, 0.2) is 5.65 Å². The van der Waals surface area contributed by atoms with Crippen LogP contribution in [0.5, 0.6) is 0 Å². The zero-order valence-electron chi connectivity index (χ0n) is 16.5. The largest absolute Gasteiger partial charge is 0.371 e. The number of fused-ring (bicyclic) bond motifs is 1. The van der Waals surface area contributed by atoms with Crippen molar-refractivity contribution in [3.63, 3.8) is 0 Å². The lowest BCUT2D eigenvalue weighted by atomic mass is 10.0. The Bertz CT molecular complexity index is 1240. The second kappa shape index (κ2) is 8.32. The third kappa shape index (κ3) is 4.16. The van der Waals surface area contributed by atoms with Gasteiger partial charge in [-0.05, 0) is 55.3 Å². The van der Waals surface area contributed by atoms with Gasteiger partial charge in [-0.2, -0.15) is 4.98 Å². The molecule has 158 valence electrons. The monoisotopic (exact) mass is 456 g/mol. The van der Waals surface area contributed by atoms with Crippen LogP contribution < -0.4 is 10.2 Å². The molecule has 4 aromatic rings. The molecule has 1 N–H and O–H groups in total. The highest BCUT2D eigenvalue weighted by Gasteiger charge is 2.21. The van der Waals surface area contributed by atoms with Gasteiger partial charge >= 0.3 is 0 Å². The lowest BCUT2D eigenvalue weighted by molar-refractivity contribution is 0.524. The van der Waals surface area contributed by atoms with Gasteiger partial charge in [-0.15, -0.1) is 5.10 Å². The minimum Gasteiger partial charge on any atom is -0.371 e. The highest BCUT2D eigenvalue weighted by Crippen LogP contribution is 2.31. The summed E-state index contributed by atoms with van der Waals surface area (Å²) in [5.74, 6) is 0.195. The number of nitrogens with one attached hydrogen (secondary N) is 1. The third-order valence-corrected chi connectivity index (χ3v) is 6.01. The second-order valence-corrected chi connectivity index (χ2v) is 8.29. The van der Waals surface area contributed by atoms with Crippen LogP contribution in [0, 0.1) is 5.82 Å². The molecule has 0 radical (unpaired) electrons. The van der Waals surface area contributed by atoms with Gasteiger partial charge in [0.05, 0.1) is 5.02 Å². The molecule has 3 aromatic heterocycles. The third-order valence-electron chi connectivity index (χ3n) is 5.49. The van der Waals surface area contributed by atoms with Gasteiger partial charge in [0.25, 0.3) is 0 Å². The average Bonchev–Trinajstić information content (AvgIpc) is 3.17. The molecule has 6 nitrogen and oxygen atoms in total. The Morgan fingerprint density at radius 1 is 1.03 bits per heavy atom. The molecule has 5 rings (SSSR count). The van der Waals surface area contributed by atoms with Crippen molar-refractivity contribution in [1.82, 2.24) is 19.6 Å². The maximum absolute atomic E-state index is 13.5. The molecule has 31 heavy (non-hydrogen) atoms. The number of nitrogens with zero attached hydrogens (tertiary/aromatic N) is 5. The molecule has 1 aliphatic rings. The fourth-order valence-corrected chi connectivity index (χ4v) is 4.38. The van der Waals surface area contributed by atoms with E-state index in [0.29, 0.717) is 21.8 Å². The lowest BCUT2D eigenvalue weighted by Crippen LogP contribution is -2.39. The number of pyridine rings is 2. The van der Waals surface area contributed by atoms with E-state index in [-0.39, 0.29) is 11.9 Å². The average molecular weight is 457 g/mol. The Labute approximate surface area is 188 Å². The quantitative estimate of drug-likeness (QED) is 0.421. The van der Waals surface area contributed by atoms with Crippen LogP contribution in [0.15, 0.2) is 54.9 Å². The van der Waals surface area contributed by atoms with E-state index in [1.807, 2.05) is 30.5 Å². The number of rotatable bonds is 4. The van der Waals surface area contributed by atoms with Crippen molar-refractivity contribution < 1.29 is 4.39 Å². The first-order valence-electron chi connectivity index (χ1n) is 10.0. The van der Waals surface area contributed by atoms with E-state index in [9.17, 15) is 4.39 Å². The van der Waals surface area contributed by atoms with Crippen molar-refractivity contribution in [2.24, 2.45) is 0 Å². The van der Waals surface area contributed by atoms with Crippen LogP contribution in [0.4, 0.5) is 16.0 Å². The van der Waals surface area contributed by atoms with Crippen LogP contribution >= 0.6 is 23.2 Å². The number of benzene rings is 1. The summed E-state index contributed by atoms with van der Waals surface area (Å²) in [6.45, 7) is 1.81. The van der Waals surface area contributed by atoms with E-state index in [0.717, 1.165) is 42.7 Å². The van der Waals surface area contributed by atoms with Crippen LogP contribution in [-0.2, 0) is 0 Å². The maximum Gasteiger partial charge on any atom is 0.243 e. The van der Waals surface area contributed by atoms with E-state index in [4.69, 9.17) is 23.2 Å². The molecule has 0 saturated carbocycles. The summed E-state index contributed by atoms with van der Waals surface area (Å²) >= 11 is 12.3. The molecule has 1 aromatic carbocycles. The van der Waals surface area contributed by atoms with E-state index in [2.05, 4.69) is 25.3 Å². The zero-order valence-corrected chi connectivity index (χ0v) is 18.0. The maximum atomic E-state index is 13.5. The Morgan fingerprint density at radius 2 is 1.87 bits per heavy atom. The Kier molecular flexibility index (Phi) is 5.38. The number of piperidine rings is 1. The fourth-order valence-electron chi connectivity index (χ4n) is 3.94. The van der Waals surface area contributed by atoms with Gasteiger partial charge in [-0.25, -0.2) is 13.9 Å². The SMILES string of the molecule is Fc1ccc(-c2cccn3nc(NC4CCN(c5ccnc(Cl)c5)CC4)nc23)c(Cl)c1. The van der Waals surface area contributed by atoms with Crippen molar-refractivity contribution in [1.29, 1.82) is 0 Å². The van der Waals surface area contributed by atoms with Gasteiger partial charge in [-0.1, -0.05) is 23.2 Å². The smallest absolute Gasteiger partial charge is 0.243 e. The lowest BCUT2D eigenvalue weighted by Gasteiger charge is -2.33. The number of anilines is 2. The molecule has 0 spiro atoms. The first kappa shape index (κ1) is 20.0. The number of aromatic nitrogens is 4. The summed E-state index contributed by atoms with van der Waals surface area (Å²) in [6, 6.07) is 12.3. The van der Waals surface area contributed by atoms with E-state index < -0.39 is 0 Å². The summed E-state index contributed by atoms with van der Waals surface area (Å²) in [7, 11) is 0. The highest BCUT2D eigenvalue weighted by atomic mass is 35.5. The molecule has 0 aliphatic carbocycles. The molecule has 0 unspecified atom stereocenters. The summed E-state index contributed by atoms with van der Waals surface area (Å²) in [5.41, 5.74) is 3.28. The van der Waals surface area contributed by atoms with Gasteiger partial charge in [0, 0.05) is 48.3 Å². The highest BCUT2D eigenvalue weighted by molar-refractivity contribution is 6.33. The summed E-state index contributed by atoms with van der Waals surface area (Å²) in [5, 5.41) is 8.87. The molecule has 0 bridgehead atoms. The van der Waals surface area contributed by atoms with Gasteiger partial charge < -0.3 is 10.2 Å². The minimum absolute atomic E-state index is 0.267. The molecular formula is C22H19Cl2FN6. The first-order chi connectivity index (χ1) is 15.1. The molecule has 9 heteroatoms. The fraction of sp³-hybridized carbons (Fsp3) is 0.227. The Balaban J connectivity index is 1.33. The second-order valence-electron chi connectivity index (χ2n) is 7.49. The standard InChI is InChI=1S/C22H19Cl2FN6/c23-19-12-14(25)3-4-17(19)18-2-1-9-31-21(18)28-22(29-31)27-15-6-10-30(11-7-15)16-5-8-26-20(24)13-16/h1-5,8-9,12-13,15H,6-7,10-11H2,(H,27,29). The molecule has 4 heterocycles.